The minimum absolute atomic E-state index is 0.0527. The number of hydrogen-bond donors (Lipinski definition) is 0. The van der Waals surface area contributed by atoms with Crippen LogP contribution in [0.3, 0.4) is 0 Å². The zero-order chi connectivity index (χ0) is 11.7. The van der Waals surface area contributed by atoms with E-state index in [9.17, 15) is 0 Å². The first-order chi connectivity index (χ1) is 7.59. The molecule has 1 unspecified atom stereocenters. The van der Waals surface area contributed by atoms with Crippen molar-refractivity contribution in [3.8, 4) is 0 Å². The number of thiophene rings is 1. The molecule has 0 amide bonds. The molecule has 0 spiro atoms. The molecule has 2 rings (SSSR count). The Bertz CT molecular complexity index is 490. The zero-order valence-corrected chi connectivity index (χ0v) is 13.8. The van der Waals surface area contributed by atoms with E-state index in [0.29, 0.717) is 0 Å². The lowest BCUT2D eigenvalue weighted by Crippen LogP contribution is -1.93. The van der Waals surface area contributed by atoms with E-state index in [0.717, 1.165) is 0 Å². The molecule has 1 aromatic carbocycles. The minimum atomic E-state index is -0.0527. The lowest BCUT2D eigenvalue weighted by molar-refractivity contribution is 1.16. The number of hydrogen-bond acceptors (Lipinski definition) is 1. The molecule has 0 fully saturated rings. The van der Waals surface area contributed by atoms with Crippen LogP contribution < -0.4 is 0 Å². The summed E-state index contributed by atoms with van der Waals surface area (Å²) < 4.78 is 2.38. The van der Waals surface area contributed by atoms with Gasteiger partial charge in [-0.3, -0.25) is 0 Å². The molecule has 0 aliphatic heterocycles. The second-order valence-corrected chi connectivity index (χ2v) is 7.49. The van der Waals surface area contributed by atoms with E-state index in [2.05, 4.69) is 63.6 Å². The Labute approximate surface area is 126 Å². The predicted octanol–water partition coefficient (Wildman–Crippen LogP) is 5.75. The van der Waals surface area contributed by atoms with E-state index in [1.165, 1.54) is 23.4 Å². The van der Waals surface area contributed by atoms with Crippen molar-refractivity contribution in [3.05, 3.63) is 53.7 Å². The smallest absolute Gasteiger partial charge is 0.0938 e. The fourth-order valence-electron chi connectivity index (χ4n) is 1.44. The summed E-state index contributed by atoms with van der Waals surface area (Å²) in [5, 5.41) is -0.0527. The number of aryl methyl sites for hydroxylation is 1. The van der Waals surface area contributed by atoms with Gasteiger partial charge in [0, 0.05) is 8.45 Å². The summed E-state index contributed by atoms with van der Waals surface area (Å²) in [5.41, 5.74) is 2.43. The molecule has 0 aliphatic rings. The predicted molar refractivity (Wildman–Crippen MR) is 83.6 cm³/mol. The van der Waals surface area contributed by atoms with Gasteiger partial charge in [0.15, 0.2) is 0 Å². The van der Waals surface area contributed by atoms with Crippen LogP contribution in [0.15, 0.2) is 34.1 Å². The largest absolute Gasteiger partial charge is 0.131 e. The lowest BCUT2D eigenvalue weighted by atomic mass is 10.1. The summed E-state index contributed by atoms with van der Waals surface area (Å²) >= 11 is 14.1. The SMILES string of the molecule is Cc1cc(C(Cl)c2ccccc2I)sc1Br. The van der Waals surface area contributed by atoms with E-state index in [1.807, 2.05) is 12.1 Å². The Balaban J connectivity index is 2.39. The molecule has 1 heterocycles. The highest BCUT2D eigenvalue weighted by Crippen LogP contribution is 2.39. The lowest BCUT2D eigenvalue weighted by Gasteiger charge is -2.09. The quantitative estimate of drug-likeness (QED) is 0.423. The molecule has 0 saturated heterocycles. The second-order valence-electron chi connectivity index (χ2n) is 3.49. The van der Waals surface area contributed by atoms with E-state index < -0.39 is 0 Å². The molecule has 2 aromatic rings. The van der Waals surface area contributed by atoms with Crippen LogP contribution >= 0.6 is 61.5 Å². The molecule has 16 heavy (non-hydrogen) atoms. The van der Waals surface area contributed by atoms with Crippen molar-refractivity contribution in [2.24, 2.45) is 0 Å². The van der Waals surface area contributed by atoms with Gasteiger partial charge < -0.3 is 0 Å². The van der Waals surface area contributed by atoms with Gasteiger partial charge in [-0.2, -0.15) is 0 Å². The van der Waals surface area contributed by atoms with E-state index >= 15 is 0 Å². The fraction of sp³-hybridized carbons (Fsp3) is 0.167. The van der Waals surface area contributed by atoms with E-state index in [1.54, 1.807) is 11.3 Å². The topological polar surface area (TPSA) is 0 Å². The normalized spacial score (nSPS) is 12.8. The molecular formula is C12H9BrClIS. The molecule has 0 N–H and O–H groups in total. The first-order valence-electron chi connectivity index (χ1n) is 4.74. The average molecular weight is 428 g/mol. The van der Waals surface area contributed by atoms with Crippen molar-refractivity contribution in [3.63, 3.8) is 0 Å². The second kappa shape index (κ2) is 5.38. The maximum absolute atomic E-state index is 6.51. The van der Waals surface area contributed by atoms with Gasteiger partial charge >= 0.3 is 0 Å². The van der Waals surface area contributed by atoms with Crippen molar-refractivity contribution in [1.29, 1.82) is 0 Å². The first-order valence-corrected chi connectivity index (χ1v) is 7.86. The highest BCUT2D eigenvalue weighted by atomic mass is 127. The van der Waals surface area contributed by atoms with Crippen LogP contribution in [0.1, 0.15) is 21.4 Å². The third-order valence-corrected chi connectivity index (χ3v) is 6.09. The standard InChI is InChI=1S/C12H9BrClIS/c1-7-6-10(16-12(7)13)11(14)8-4-2-3-5-9(8)15/h2-6,11H,1H3. The van der Waals surface area contributed by atoms with Gasteiger partial charge in [-0.25, -0.2) is 0 Å². The Kier molecular flexibility index (Phi) is 4.32. The third kappa shape index (κ3) is 2.63. The summed E-state index contributed by atoms with van der Waals surface area (Å²) in [6, 6.07) is 10.4. The maximum atomic E-state index is 6.51. The van der Waals surface area contributed by atoms with Crippen molar-refractivity contribution < 1.29 is 0 Å². The highest BCUT2D eigenvalue weighted by Gasteiger charge is 2.16. The Hall–Kier alpha value is 0.420. The van der Waals surface area contributed by atoms with Crippen molar-refractivity contribution in [2.45, 2.75) is 12.3 Å². The third-order valence-electron chi connectivity index (χ3n) is 2.30. The number of alkyl halides is 1. The Morgan fingerprint density at radius 2 is 2.06 bits per heavy atom. The fourth-order valence-corrected chi connectivity index (χ4v) is 4.28. The van der Waals surface area contributed by atoms with Crippen molar-refractivity contribution in [2.75, 3.05) is 0 Å². The zero-order valence-electron chi connectivity index (χ0n) is 8.51. The van der Waals surface area contributed by atoms with E-state index in [4.69, 9.17) is 11.6 Å². The van der Waals surface area contributed by atoms with Gasteiger partial charge in [-0.15, -0.1) is 22.9 Å². The molecule has 0 radical (unpaired) electrons. The molecule has 0 nitrogen and oxygen atoms in total. The van der Waals surface area contributed by atoms with Gasteiger partial charge in [0.2, 0.25) is 0 Å². The van der Waals surface area contributed by atoms with Crippen LogP contribution in [-0.4, -0.2) is 0 Å². The number of rotatable bonds is 2. The highest BCUT2D eigenvalue weighted by molar-refractivity contribution is 14.1. The van der Waals surface area contributed by atoms with Gasteiger partial charge in [0.1, 0.15) is 0 Å². The minimum Gasteiger partial charge on any atom is -0.131 e. The van der Waals surface area contributed by atoms with Crippen LogP contribution in [0.2, 0.25) is 0 Å². The molecule has 0 aliphatic carbocycles. The Morgan fingerprint density at radius 3 is 2.62 bits per heavy atom. The summed E-state index contributed by atoms with van der Waals surface area (Å²) in [4.78, 5) is 1.19. The summed E-state index contributed by atoms with van der Waals surface area (Å²) in [5.74, 6) is 0. The van der Waals surface area contributed by atoms with Gasteiger partial charge in [0.05, 0.1) is 9.16 Å². The number of halogens is 3. The molecule has 4 heteroatoms. The van der Waals surface area contributed by atoms with Crippen LogP contribution in [-0.2, 0) is 0 Å². The van der Waals surface area contributed by atoms with Crippen LogP contribution in [0.25, 0.3) is 0 Å². The van der Waals surface area contributed by atoms with Gasteiger partial charge in [-0.05, 0) is 68.7 Å². The molecule has 1 aromatic heterocycles. The average Bonchev–Trinajstić information content (AvgIpc) is 2.59. The Morgan fingerprint density at radius 1 is 1.38 bits per heavy atom. The molecular weight excluding hydrogens is 418 g/mol. The molecule has 0 bridgehead atoms. The van der Waals surface area contributed by atoms with Crippen LogP contribution in [0, 0.1) is 10.5 Å². The summed E-state index contributed by atoms with van der Waals surface area (Å²) in [6.07, 6.45) is 0. The summed E-state index contributed by atoms with van der Waals surface area (Å²) in [6.45, 7) is 2.09. The molecule has 1 atom stereocenters. The van der Waals surface area contributed by atoms with Crippen molar-refractivity contribution in [1.82, 2.24) is 0 Å². The van der Waals surface area contributed by atoms with E-state index in [-0.39, 0.29) is 5.38 Å². The number of benzene rings is 1. The van der Waals surface area contributed by atoms with Crippen LogP contribution in [0.5, 0.6) is 0 Å². The maximum Gasteiger partial charge on any atom is 0.0938 e. The van der Waals surface area contributed by atoms with Gasteiger partial charge in [0.25, 0.3) is 0 Å². The summed E-state index contributed by atoms with van der Waals surface area (Å²) in [7, 11) is 0. The first kappa shape index (κ1) is 12.9. The molecule has 84 valence electrons. The molecule has 0 saturated carbocycles. The van der Waals surface area contributed by atoms with Crippen molar-refractivity contribution >= 4 is 61.5 Å². The monoisotopic (exact) mass is 426 g/mol. The van der Waals surface area contributed by atoms with Gasteiger partial charge in [-0.1, -0.05) is 18.2 Å². The van der Waals surface area contributed by atoms with Crippen LogP contribution in [0.4, 0.5) is 0 Å².